The van der Waals surface area contributed by atoms with Gasteiger partial charge in [-0.15, -0.1) is 0 Å². The molecule has 0 fully saturated rings. The Kier molecular flexibility index (Phi) is 12.2. The third-order valence-electron chi connectivity index (χ3n) is 6.40. The largest absolute Gasteiger partial charge is 0.465 e. The Balaban J connectivity index is 2.77. The fraction of sp³-hybridized carbons (Fsp3) is 0.438. The van der Waals surface area contributed by atoms with Crippen LogP contribution in [-0.2, 0) is 9.47 Å². The smallest absolute Gasteiger partial charge is 0.337 e. The van der Waals surface area contributed by atoms with Crippen molar-refractivity contribution in [1.29, 1.82) is 0 Å². The van der Waals surface area contributed by atoms with E-state index in [2.05, 4.69) is 52.0 Å². The van der Waals surface area contributed by atoms with Crippen LogP contribution in [0, 0.1) is 0 Å². The molecule has 0 atom stereocenters. The number of carbonyl (C=O) groups is 2. The summed E-state index contributed by atoms with van der Waals surface area (Å²) in [5.74, 6) is -0.632. The predicted octanol–water partition coefficient (Wildman–Crippen LogP) is 8.67. The highest BCUT2D eigenvalue weighted by atomic mass is 16.5. The van der Waals surface area contributed by atoms with Crippen molar-refractivity contribution in [1.82, 2.24) is 0 Å². The van der Waals surface area contributed by atoms with Gasteiger partial charge in [0, 0.05) is 0 Å². The molecule has 0 aromatic heterocycles. The quantitative estimate of drug-likeness (QED) is 0.208. The summed E-state index contributed by atoms with van der Waals surface area (Å²) in [7, 11) is 2.82. The minimum Gasteiger partial charge on any atom is -0.465 e. The van der Waals surface area contributed by atoms with Crippen molar-refractivity contribution < 1.29 is 19.1 Å². The van der Waals surface area contributed by atoms with E-state index in [1.165, 1.54) is 47.6 Å². The second-order valence-corrected chi connectivity index (χ2v) is 9.05. The van der Waals surface area contributed by atoms with E-state index in [1.54, 1.807) is 0 Å². The zero-order valence-electron chi connectivity index (χ0n) is 22.9. The first kappa shape index (κ1) is 29.1. The number of hydrogen-bond acceptors (Lipinski definition) is 4. The van der Waals surface area contributed by atoms with Crippen LogP contribution in [0.3, 0.4) is 0 Å². The summed E-state index contributed by atoms with van der Waals surface area (Å²) in [6.45, 7) is 8.90. The topological polar surface area (TPSA) is 52.6 Å². The molecule has 4 nitrogen and oxygen atoms in total. The number of hydrogen-bond donors (Lipinski definition) is 0. The summed E-state index contributed by atoms with van der Waals surface area (Å²) in [5, 5.41) is 0. The Morgan fingerprint density at radius 1 is 0.500 bits per heavy atom. The Labute approximate surface area is 217 Å². The first-order valence-corrected chi connectivity index (χ1v) is 13.3. The Hall–Kier alpha value is -3.14. The van der Waals surface area contributed by atoms with Gasteiger partial charge in [-0.05, 0) is 83.4 Å². The molecule has 0 bridgehead atoms. The van der Waals surface area contributed by atoms with Crippen LogP contribution in [0.4, 0.5) is 0 Å². The molecule has 0 radical (unpaired) electrons. The fourth-order valence-corrected chi connectivity index (χ4v) is 4.76. The van der Waals surface area contributed by atoms with E-state index in [0.29, 0.717) is 11.1 Å². The molecule has 4 heteroatoms. The molecule has 2 aromatic rings. The molecule has 2 rings (SSSR count). The lowest BCUT2D eigenvalue weighted by Crippen LogP contribution is -2.04. The molecule has 0 heterocycles. The van der Waals surface area contributed by atoms with Gasteiger partial charge in [0.2, 0.25) is 0 Å². The molecule has 0 amide bonds. The maximum atomic E-state index is 12.0. The Morgan fingerprint density at radius 2 is 0.778 bits per heavy atom. The summed E-state index contributed by atoms with van der Waals surface area (Å²) in [4.78, 5) is 24.0. The molecule has 0 unspecified atom stereocenters. The third kappa shape index (κ3) is 7.43. The van der Waals surface area contributed by atoms with E-state index < -0.39 is 0 Å². The zero-order chi connectivity index (χ0) is 26.5. The fourth-order valence-electron chi connectivity index (χ4n) is 4.76. The van der Waals surface area contributed by atoms with Crippen LogP contribution < -0.4 is 0 Å². The Bertz CT molecular complexity index is 969. The lowest BCUT2D eigenvalue weighted by Gasteiger charge is -2.23. The second-order valence-electron chi connectivity index (χ2n) is 9.05. The predicted molar refractivity (Wildman–Crippen MR) is 149 cm³/mol. The Morgan fingerprint density at radius 3 is 1.03 bits per heavy atom. The van der Waals surface area contributed by atoms with Crippen LogP contribution in [0.2, 0.25) is 0 Å². The van der Waals surface area contributed by atoms with Crippen molar-refractivity contribution in [3.8, 4) is 0 Å². The zero-order valence-corrected chi connectivity index (χ0v) is 22.9. The van der Waals surface area contributed by atoms with Crippen LogP contribution in [0.5, 0.6) is 0 Å². The standard InChI is InChI=1S/C32H42O4/c1-7-11-27(23-15-19-25(20-16-23)31(33)35-5)29(13-9-3)30(14-10-4)28(12-8-2)24-17-21-26(22-18-24)32(34)36-6/h15-22H,7-14H2,1-6H3/b29-27-,30-28-. The van der Waals surface area contributed by atoms with Crippen LogP contribution in [0.1, 0.15) is 111 Å². The maximum absolute atomic E-state index is 12.0. The van der Waals surface area contributed by atoms with Gasteiger partial charge in [-0.2, -0.15) is 0 Å². The van der Waals surface area contributed by atoms with E-state index in [9.17, 15) is 9.59 Å². The molecule has 0 spiro atoms. The molecular formula is C32H42O4. The van der Waals surface area contributed by atoms with E-state index in [-0.39, 0.29) is 11.9 Å². The molecule has 0 aliphatic heterocycles. The van der Waals surface area contributed by atoms with Crippen LogP contribution >= 0.6 is 0 Å². The van der Waals surface area contributed by atoms with Crippen molar-refractivity contribution in [3.63, 3.8) is 0 Å². The molecule has 0 aliphatic carbocycles. The average Bonchev–Trinajstić information content (AvgIpc) is 2.92. The van der Waals surface area contributed by atoms with Gasteiger partial charge in [-0.1, -0.05) is 77.6 Å². The SMILES string of the molecule is CCCC(/C(CCC)=C(/CCC)c1ccc(C(=O)OC)cc1)=C(\CCC)c1ccc(C(=O)OC)cc1. The van der Waals surface area contributed by atoms with Crippen molar-refractivity contribution in [3.05, 3.63) is 81.9 Å². The molecule has 0 N–H and O–H groups in total. The second kappa shape index (κ2) is 15.1. The number of methoxy groups -OCH3 is 2. The minimum absolute atomic E-state index is 0.316. The van der Waals surface area contributed by atoms with Gasteiger partial charge in [0.1, 0.15) is 0 Å². The van der Waals surface area contributed by atoms with Gasteiger partial charge in [-0.3, -0.25) is 0 Å². The van der Waals surface area contributed by atoms with Gasteiger partial charge in [0.15, 0.2) is 0 Å². The third-order valence-corrected chi connectivity index (χ3v) is 6.40. The van der Waals surface area contributed by atoms with E-state index in [4.69, 9.17) is 9.47 Å². The normalized spacial score (nSPS) is 12.5. The van der Waals surface area contributed by atoms with Crippen molar-refractivity contribution in [2.75, 3.05) is 14.2 Å². The number of esters is 2. The summed E-state index contributed by atoms with van der Waals surface area (Å²) in [6.07, 6.45) is 8.12. The van der Waals surface area contributed by atoms with Crippen LogP contribution in [-0.4, -0.2) is 26.2 Å². The van der Waals surface area contributed by atoms with Crippen molar-refractivity contribution >= 4 is 23.1 Å². The maximum Gasteiger partial charge on any atom is 0.337 e. The van der Waals surface area contributed by atoms with Crippen LogP contribution in [0.25, 0.3) is 11.1 Å². The van der Waals surface area contributed by atoms with E-state index >= 15 is 0 Å². The molecular weight excluding hydrogens is 448 g/mol. The number of carbonyl (C=O) groups excluding carboxylic acids is 2. The molecule has 36 heavy (non-hydrogen) atoms. The first-order valence-electron chi connectivity index (χ1n) is 13.3. The summed E-state index contributed by atoms with van der Waals surface area (Å²) in [5.41, 5.74) is 9.03. The highest BCUT2D eigenvalue weighted by Gasteiger charge is 2.18. The number of rotatable bonds is 13. The summed E-state index contributed by atoms with van der Waals surface area (Å²) in [6, 6.07) is 15.7. The van der Waals surface area contributed by atoms with Gasteiger partial charge in [0.05, 0.1) is 25.3 Å². The lowest BCUT2D eigenvalue weighted by molar-refractivity contribution is 0.0592. The molecule has 0 saturated carbocycles. The first-order chi connectivity index (χ1) is 17.4. The summed E-state index contributed by atoms with van der Waals surface area (Å²) < 4.78 is 9.78. The van der Waals surface area contributed by atoms with Gasteiger partial charge in [0.25, 0.3) is 0 Å². The van der Waals surface area contributed by atoms with Gasteiger partial charge in [-0.25, -0.2) is 9.59 Å². The molecule has 2 aromatic carbocycles. The highest BCUT2D eigenvalue weighted by Crippen LogP contribution is 2.38. The van der Waals surface area contributed by atoms with E-state index in [1.807, 2.05) is 24.3 Å². The molecule has 194 valence electrons. The van der Waals surface area contributed by atoms with Crippen LogP contribution in [0.15, 0.2) is 59.7 Å². The number of allylic oxidation sites excluding steroid dienone is 4. The number of ether oxygens (including phenoxy) is 2. The average molecular weight is 491 g/mol. The highest BCUT2D eigenvalue weighted by molar-refractivity contribution is 5.91. The molecule has 0 aliphatic rings. The van der Waals surface area contributed by atoms with Crippen molar-refractivity contribution in [2.24, 2.45) is 0 Å². The van der Waals surface area contributed by atoms with Crippen molar-refractivity contribution in [2.45, 2.75) is 79.1 Å². The minimum atomic E-state index is -0.316. The van der Waals surface area contributed by atoms with Gasteiger partial charge >= 0.3 is 11.9 Å². The summed E-state index contributed by atoms with van der Waals surface area (Å²) >= 11 is 0. The molecule has 0 saturated heterocycles. The lowest BCUT2D eigenvalue weighted by atomic mass is 9.82. The monoisotopic (exact) mass is 490 g/mol. The van der Waals surface area contributed by atoms with E-state index in [0.717, 1.165) is 51.4 Å². The van der Waals surface area contributed by atoms with Gasteiger partial charge < -0.3 is 9.47 Å². The number of benzene rings is 2.